The fourth-order valence-corrected chi connectivity index (χ4v) is 2.24. The summed E-state index contributed by atoms with van der Waals surface area (Å²) in [5.41, 5.74) is 3.87. The van der Waals surface area contributed by atoms with Crippen LogP contribution in [0.2, 0.25) is 0 Å². The third kappa shape index (κ3) is 4.21. The molecule has 0 fully saturated rings. The molecule has 0 saturated carbocycles. The van der Waals surface area contributed by atoms with Gasteiger partial charge in [0, 0.05) is 12.7 Å². The molecule has 0 aliphatic carbocycles. The first-order chi connectivity index (χ1) is 9.26. The molecular weight excluding hydrogens is 284 g/mol. The van der Waals surface area contributed by atoms with Crippen molar-refractivity contribution in [2.45, 2.75) is 17.9 Å². The van der Waals surface area contributed by atoms with Gasteiger partial charge in [0.2, 0.25) is 0 Å². The van der Waals surface area contributed by atoms with E-state index in [1.807, 2.05) is 4.72 Å². The normalized spacial score (nSPS) is 12.3. The Labute approximate surface area is 116 Å². The molecule has 0 aliphatic rings. The Morgan fingerprint density at radius 2 is 1.95 bits per heavy atom. The number of urea groups is 1. The number of quaternary nitrogens is 1. The Morgan fingerprint density at radius 1 is 1.30 bits per heavy atom. The first-order valence-corrected chi connectivity index (χ1v) is 7.23. The van der Waals surface area contributed by atoms with Crippen LogP contribution in [0.5, 0.6) is 0 Å². The lowest BCUT2D eigenvalue weighted by atomic mass is 10.3. The summed E-state index contributed by atoms with van der Waals surface area (Å²) in [5.74, 6) is -0.334. The third-order valence-electron chi connectivity index (χ3n) is 2.31. The highest BCUT2D eigenvalue weighted by Crippen LogP contribution is 2.15. The number of carbonyl (C=O) groups is 2. The predicted octanol–water partition coefficient (Wildman–Crippen LogP) is -1.13. The minimum Gasteiger partial charge on any atom is -0.348 e. The second kappa shape index (κ2) is 6.35. The Morgan fingerprint density at radius 3 is 2.50 bits per heavy atom. The molecule has 20 heavy (non-hydrogen) atoms. The SMILES string of the molecule is CNC(=O)NS(=O)(=O)c1cccc(NC(=O)[C@H](C)[NH3+])c1. The highest BCUT2D eigenvalue weighted by Gasteiger charge is 2.18. The van der Waals surface area contributed by atoms with Crippen LogP contribution in [0, 0.1) is 0 Å². The largest absolute Gasteiger partial charge is 0.348 e. The van der Waals surface area contributed by atoms with Crippen molar-refractivity contribution in [3.63, 3.8) is 0 Å². The second-order valence-electron chi connectivity index (χ2n) is 4.10. The first-order valence-electron chi connectivity index (χ1n) is 5.75. The van der Waals surface area contributed by atoms with Gasteiger partial charge in [-0.3, -0.25) is 4.79 Å². The van der Waals surface area contributed by atoms with Gasteiger partial charge in [-0.15, -0.1) is 0 Å². The van der Waals surface area contributed by atoms with Gasteiger partial charge in [-0.05, 0) is 25.1 Å². The zero-order valence-electron chi connectivity index (χ0n) is 11.1. The van der Waals surface area contributed by atoms with Gasteiger partial charge in [0.15, 0.2) is 6.04 Å². The smallest absolute Gasteiger partial charge is 0.328 e. The van der Waals surface area contributed by atoms with Crippen LogP contribution in [-0.2, 0) is 14.8 Å². The van der Waals surface area contributed by atoms with Crippen molar-refractivity contribution in [3.8, 4) is 0 Å². The third-order valence-corrected chi connectivity index (χ3v) is 3.64. The van der Waals surface area contributed by atoms with Crippen LogP contribution < -0.4 is 21.1 Å². The zero-order valence-corrected chi connectivity index (χ0v) is 12.0. The predicted molar refractivity (Wildman–Crippen MR) is 72.2 cm³/mol. The molecule has 1 aromatic rings. The van der Waals surface area contributed by atoms with Gasteiger partial charge >= 0.3 is 6.03 Å². The summed E-state index contributed by atoms with van der Waals surface area (Å²) in [6, 6.07) is 4.26. The maximum absolute atomic E-state index is 11.9. The molecule has 0 heterocycles. The standard InChI is InChI=1S/C11H16N4O4S/c1-7(12)10(16)14-8-4-3-5-9(6-8)20(18,19)15-11(17)13-2/h3-7H,12H2,1-2H3,(H,14,16)(H2,13,15,17)/p+1/t7-/m0/s1. The van der Waals surface area contributed by atoms with E-state index in [0.29, 0.717) is 5.69 Å². The fourth-order valence-electron chi connectivity index (χ4n) is 1.24. The summed E-state index contributed by atoms with van der Waals surface area (Å²) < 4.78 is 25.6. The molecule has 6 N–H and O–H groups in total. The average Bonchev–Trinajstić information content (AvgIpc) is 2.38. The molecule has 1 aromatic carbocycles. The lowest BCUT2D eigenvalue weighted by Gasteiger charge is -2.09. The molecule has 3 amide bonds. The van der Waals surface area contributed by atoms with Crippen LogP contribution in [0.3, 0.4) is 0 Å². The van der Waals surface area contributed by atoms with Crippen LogP contribution in [-0.4, -0.2) is 33.4 Å². The molecule has 0 spiro atoms. The summed E-state index contributed by atoms with van der Waals surface area (Å²) >= 11 is 0. The van der Waals surface area contributed by atoms with Crippen LogP contribution in [0.1, 0.15) is 6.92 Å². The van der Waals surface area contributed by atoms with Crippen molar-refractivity contribution < 1.29 is 23.7 Å². The molecule has 9 heteroatoms. The van der Waals surface area contributed by atoms with Crippen molar-refractivity contribution in [1.29, 1.82) is 0 Å². The van der Waals surface area contributed by atoms with Crippen molar-refractivity contribution in [3.05, 3.63) is 24.3 Å². The molecule has 0 unspecified atom stereocenters. The van der Waals surface area contributed by atoms with Gasteiger partial charge in [0.1, 0.15) is 0 Å². The van der Waals surface area contributed by atoms with E-state index in [4.69, 9.17) is 0 Å². The summed E-state index contributed by atoms with van der Waals surface area (Å²) in [6.07, 6.45) is 0. The van der Waals surface area contributed by atoms with E-state index in [0.717, 1.165) is 0 Å². The first kappa shape index (κ1) is 15.9. The highest BCUT2D eigenvalue weighted by molar-refractivity contribution is 7.90. The molecule has 8 nitrogen and oxygen atoms in total. The fraction of sp³-hybridized carbons (Fsp3) is 0.273. The quantitative estimate of drug-likeness (QED) is 0.560. The van der Waals surface area contributed by atoms with Gasteiger partial charge in [-0.2, -0.15) is 0 Å². The average molecular weight is 301 g/mol. The number of hydrogen-bond donors (Lipinski definition) is 4. The van der Waals surface area contributed by atoms with Crippen LogP contribution in [0.4, 0.5) is 10.5 Å². The molecule has 110 valence electrons. The number of amides is 3. The van der Waals surface area contributed by atoms with E-state index in [-0.39, 0.29) is 10.8 Å². The maximum Gasteiger partial charge on any atom is 0.328 e. The Kier molecular flexibility index (Phi) is 5.06. The van der Waals surface area contributed by atoms with E-state index in [9.17, 15) is 18.0 Å². The second-order valence-corrected chi connectivity index (χ2v) is 5.79. The van der Waals surface area contributed by atoms with E-state index in [2.05, 4.69) is 16.4 Å². The van der Waals surface area contributed by atoms with Gasteiger partial charge in [-0.25, -0.2) is 17.9 Å². The Bertz CT molecular complexity index is 613. The van der Waals surface area contributed by atoms with E-state index >= 15 is 0 Å². The van der Waals surface area contributed by atoms with Crippen molar-refractivity contribution in [1.82, 2.24) is 10.0 Å². The van der Waals surface area contributed by atoms with Gasteiger partial charge in [-0.1, -0.05) is 6.07 Å². The van der Waals surface area contributed by atoms with Crippen LogP contribution in [0.25, 0.3) is 0 Å². The summed E-state index contributed by atoms with van der Waals surface area (Å²) in [4.78, 5) is 22.4. The van der Waals surface area contributed by atoms with Gasteiger partial charge in [0.05, 0.1) is 4.90 Å². The number of rotatable bonds is 4. The summed E-state index contributed by atoms with van der Waals surface area (Å²) in [7, 11) is -2.68. The Balaban J connectivity index is 2.98. The lowest BCUT2D eigenvalue weighted by Crippen LogP contribution is -2.64. The van der Waals surface area contributed by atoms with Crippen molar-refractivity contribution >= 4 is 27.6 Å². The molecule has 0 saturated heterocycles. The molecular formula is C11H17N4O4S+. The number of carbonyl (C=O) groups excluding carboxylic acids is 2. The monoisotopic (exact) mass is 301 g/mol. The minimum absolute atomic E-state index is 0.129. The van der Waals surface area contributed by atoms with E-state index in [1.165, 1.54) is 25.2 Å². The number of benzene rings is 1. The van der Waals surface area contributed by atoms with E-state index < -0.39 is 22.1 Å². The lowest BCUT2D eigenvalue weighted by molar-refractivity contribution is -0.396. The molecule has 1 rings (SSSR count). The number of hydrogen-bond acceptors (Lipinski definition) is 4. The van der Waals surface area contributed by atoms with Crippen LogP contribution in [0.15, 0.2) is 29.2 Å². The molecule has 0 aliphatic heterocycles. The topological polar surface area (TPSA) is 132 Å². The molecule has 0 aromatic heterocycles. The maximum atomic E-state index is 11.9. The molecule has 0 bridgehead atoms. The van der Waals surface area contributed by atoms with Crippen molar-refractivity contribution in [2.24, 2.45) is 0 Å². The number of anilines is 1. The summed E-state index contributed by atoms with van der Waals surface area (Å²) in [6.45, 7) is 1.61. The van der Waals surface area contributed by atoms with Crippen LogP contribution >= 0.6 is 0 Å². The Hall–Kier alpha value is -2.13. The number of sulfonamides is 1. The number of nitrogens with one attached hydrogen (secondary N) is 3. The summed E-state index contributed by atoms with van der Waals surface area (Å²) in [5, 5.41) is 4.67. The van der Waals surface area contributed by atoms with Gasteiger partial charge in [0.25, 0.3) is 15.9 Å². The zero-order chi connectivity index (χ0) is 15.3. The highest BCUT2D eigenvalue weighted by atomic mass is 32.2. The minimum atomic E-state index is -3.98. The molecule has 1 atom stereocenters. The van der Waals surface area contributed by atoms with Gasteiger partial charge < -0.3 is 16.4 Å². The van der Waals surface area contributed by atoms with E-state index in [1.54, 1.807) is 13.0 Å². The van der Waals surface area contributed by atoms with Crippen molar-refractivity contribution in [2.75, 3.05) is 12.4 Å². The molecule has 0 radical (unpaired) electrons.